The number of halogens is 1. The summed E-state index contributed by atoms with van der Waals surface area (Å²) in [6.45, 7) is 4.85. The maximum Gasteiger partial charge on any atom is 0.226 e. The molecule has 3 unspecified atom stereocenters. The quantitative estimate of drug-likeness (QED) is 0.721. The number of nitrogens with zero attached hydrogens (tertiary/aromatic N) is 1. The second-order valence-corrected chi connectivity index (χ2v) is 6.64. The minimum absolute atomic E-state index is 0.0490. The first-order valence-electron chi connectivity index (χ1n) is 8.08. The summed E-state index contributed by atoms with van der Waals surface area (Å²) in [5.74, 6) is 0.241. The number of carbonyl (C=O) groups excluding carboxylic acids is 1. The van der Waals surface area contributed by atoms with E-state index in [4.69, 9.17) is 11.6 Å². The highest BCUT2D eigenvalue weighted by Crippen LogP contribution is 2.28. The Labute approximate surface area is 142 Å². The van der Waals surface area contributed by atoms with Crippen LogP contribution < -0.4 is 16.4 Å². The van der Waals surface area contributed by atoms with Crippen LogP contribution in [0.25, 0.3) is 0 Å². The molecule has 0 spiro atoms. The van der Waals surface area contributed by atoms with Crippen molar-refractivity contribution in [2.24, 2.45) is 5.92 Å². The number of hydrazine groups is 2. The van der Waals surface area contributed by atoms with Crippen molar-refractivity contribution in [3.05, 3.63) is 47.5 Å². The molecular formula is C17H23ClN4O. The van der Waals surface area contributed by atoms with Crippen molar-refractivity contribution < 1.29 is 4.79 Å². The predicted octanol–water partition coefficient (Wildman–Crippen LogP) is 2.00. The molecule has 1 aliphatic heterocycles. The third kappa shape index (κ3) is 3.75. The minimum Gasteiger partial charge on any atom is -0.334 e. The van der Waals surface area contributed by atoms with Gasteiger partial charge in [-0.25, -0.2) is 10.9 Å². The van der Waals surface area contributed by atoms with E-state index < -0.39 is 0 Å². The number of amides is 1. The summed E-state index contributed by atoms with van der Waals surface area (Å²) in [4.78, 5) is 14.8. The lowest BCUT2D eigenvalue weighted by molar-refractivity contribution is -0.137. The van der Waals surface area contributed by atoms with Gasteiger partial charge in [0, 0.05) is 36.1 Å². The van der Waals surface area contributed by atoms with Crippen LogP contribution in [0.4, 0.5) is 0 Å². The molecule has 23 heavy (non-hydrogen) atoms. The number of hydrogen-bond acceptors (Lipinski definition) is 4. The lowest BCUT2D eigenvalue weighted by atomic mass is 9.82. The second kappa shape index (κ2) is 7.45. The van der Waals surface area contributed by atoms with E-state index in [2.05, 4.69) is 23.0 Å². The predicted molar refractivity (Wildman–Crippen MR) is 91.4 cm³/mol. The van der Waals surface area contributed by atoms with Crippen LogP contribution in [-0.2, 0) is 11.3 Å². The zero-order chi connectivity index (χ0) is 16.2. The summed E-state index contributed by atoms with van der Waals surface area (Å²) < 4.78 is 0. The monoisotopic (exact) mass is 334 g/mol. The van der Waals surface area contributed by atoms with Crippen molar-refractivity contribution in [1.29, 1.82) is 0 Å². The summed E-state index contributed by atoms with van der Waals surface area (Å²) in [6.07, 6.45) is 4.53. The van der Waals surface area contributed by atoms with Crippen molar-refractivity contribution in [3.63, 3.8) is 0 Å². The van der Waals surface area contributed by atoms with E-state index in [0.29, 0.717) is 30.2 Å². The molecule has 1 saturated carbocycles. The Morgan fingerprint density at radius 3 is 2.87 bits per heavy atom. The lowest BCUT2D eigenvalue weighted by Gasteiger charge is -2.33. The SMILES string of the molecule is C=CCN(Cc1ccccc1Cl)C(=O)C1CCC2NNNC2C1. The largest absolute Gasteiger partial charge is 0.334 e. The smallest absolute Gasteiger partial charge is 0.226 e. The normalized spacial score (nSPS) is 26.6. The topological polar surface area (TPSA) is 56.4 Å². The molecule has 3 atom stereocenters. The van der Waals surface area contributed by atoms with Crippen molar-refractivity contribution in [2.45, 2.75) is 37.9 Å². The maximum atomic E-state index is 13.0. The molecule has 1 aromatic rings. The second-order valence-electron chi connectivity index (χ2n) is 6.24. The van der Waals surface area contributed by atoms with Crippen LogP contribution >= 0.6 is 11.6 Å². The number of carbonyl (C=O) groups is 1. The summed E-state index contributed by atoms with van der Waals surface area (Å²) in [7, 11) is 0. The molecule has 0 aromatic heterocycles. The summed E-state index contributed by atoms with van der Waals surface area (Å²) in [6, 6.07) is 8.40. The molecule has 1 saturated heterocycles. The fraction of sp³-hybridized carbons (Fsp3) is 0.471. The van der Waals surface area contributed by atoms with E-state index in [1.807, 2.05) is 29.2 Å². The van der Waals surface area contributed by atoms with Gasteiger partial charge in [0.1, 0.15) is 0 Å². The van der Waals surface area contributed by atoms with E-state index in [-0.39, 0.29) is 11.8 Å². The third-order valence-electron chi connectivity index (χ3n) is 4.69. The van der Waals surface area contributed by atoms with Gasteiger partial charge in [0.15, 0.2) is 0 Å². The van der Waals surface area contributed by atoms with E-state index in [1.54, 1.807) is 6.08 Å². The summed E-state index contributed by atoms with van der Waals surface area (Å²) in [5, 5.41) is 0.698. The van der Waals surface area contributed by atoms with Crippen LogP contribution in [0.3, 0.4) is 0 Å². The van der Waals surface area contributed by atoms with Crippen LogP contribution in [0.1, 0.15) is 24.8 Å². The minimum atomic E-state index is 0.0490. The maximum absolute atomic E-state index is 13.0. The van der Waals surface area contributed by atoms with E-state index in [1.165, 1.54) is 0 Å². The molecule has 3 rings (SSSR count). The average Bonchev–Trinajstić information content (AvgIpc) is 3.03. The van der Waals surface area contributed by atoms with E-state index >= 15 is 0 Å². The highest BCUT2D eigenvalue weighted by Gasteiger charge is 2.37. The molecule has 124 valence electrons. The lowest BCUT2D eigenvalue weighted by Crippen LogP contribution is -2.45. The van der Waals surface area contributed by atoms with Crippen molar-refractivity contribution in [1.82, 2.24) is 21.3 Å². The van der Waals surface area contributed by atoms with Crippen LogP contribution in [0.5, 0.6) is 0 Å². The Morgan fingerprint density at radius 2 is 2.09 bits per heavy atom. The van der Waals surface area contributed by atoms with Gasteiger partial charge in [-0.15, -0.1) is 6.58 Å². The molecule has 2 aliphatic rings. The number of benzene rings is 1. The fourth-order valence-electron chi connectivity index (χ4n) is 3.43. The van der Waals surface area contributed by atoms with Crippen molar-refractivity contribution in [3.8, 4) is 0 Å². The Kier molecular flexibility index (Phi) is 5.33. The van der Waals surface area contributed by atoms with Gasteiger partial charge < -0.3 is 4.90 Å². The summed E-state index contributed by atoms with van der Waals surface area (Å²) in [5.41, 5.74) is 10.3. The van der Waals surface area contributed by atoms with Crippen LogP contribution in [0, 0.1) is 5.92 Å². The fourth-order valence-corrected chi connectivity index (χ4v) is 3.63. The average molecular weight is 335 g/mol. The molecule has 6 heteroatoms. The standard InChI is InChI=1S/C17H23ClN4O/c1-2-9-22(11-13-5-3-4-6-14(13)18)17(23)12-7-8-15-16(10-12)20-21-19-15/h2-6,12,15-16,19-21H,1,7-11H2. The molecule has 3 N–H and O–H groups in total. The van der Waals surface area contributed by atoms with Gasteiger partial charge in [-0.2, -0.15) is 5.53 Å². The molecule has 1 amide bonds. The molecule has 2 fully saturated rings. The number of nitrogens with one attached hydrogen (secondary N) is 3. The molecule has 5 nitrogen and oxygen atoms in total. The van der Waals surface area contributed by atoms with Gasteiger partial charge in [-0.1, -0.05) is 35.9 Å². The van der Waals surface area contributed by atoms with Crippen LogP contribution in [0.2, 0.25) is 5.02 Å². The Morgan fingerprint density at radius 1 is 1.30 bits per heavy atom. The number of fused-ring (bicyclic) bond motifs is 1. The van der Waals surface area contributed by atoms with E-state index in [0.717, 1.165) is 24.8 Å². The number of hydrogen-bond donors (Lipinski definition) is 3. The molecule has 0 bridgehead atoms. The first kappa shape index (κ1) is 16.5. The van der Waals surface area contributed by atoms with Crippen molar-refractivity contribution in [2.75, 3.05) is 6.54 Å². The number of rotatable bonds is 5. The van der Waals surface area contributed by atoms with E-state index in [9.17, 15) is 4.79 Å². The Bertz CT molecular complexity index is 579. The zero-order valence-corrected chi connectivity index (χ0v) is 13.9. The van der Waals surface area contributed by atoms with Crippen LogP contribution in [-0.4, -0.2) is 29.4 Å². The van der Waals surface area contributed by atoms with Crippen LogP contribution in [0.15, 0.2) is 36.9 Å². The third-order valence-corrected chi connectivity index (χ3v) is 5.06. The van der Waals surface area contributed by atoms with Gasteiger partial charge >= 0.3 is 0 Å². The van der Waals surface area contributed by atoms with Gasteiger partial charge in [-0.3, -0.25) is 4.79 Å². The van der Waals surface area contributed by atoms with Gasteiger partial charge in [0.05, 0.1) is 0 Å². The molecule has 1 heterocycles. The Balaban J connectivity index is 1.69. The summed E-state index contributed by atoms with van der Waals surface area (Å²) >= 11 is 6.24. The highest BCUT2D eigenvalue weighted by molar-refractivity contribution is 6.31. The molecule has 1 aliphatic carbocycles. The van der Waals surface area contributed by atoms with Gasteiger partial charge in [-0.05, 0) is 30.9 Å². The Hall–Kier alpha value is -1.40. The molecule has 1 aromatic carbocycles. The van der Waals surface area contributed by atoms with Gasteiger partial charge in [0.2, 0.25) is 5.91 Å². The highest BCUT2D eigenvalue weighted by atomic mass is 35.5. The molecular weight excluding hydrogens is 312 g/mol. The zero-order valence-electron chi connectivity index (χ0n) is 13.1. The van der Waals surface area contributed by atoms with Crippen molar-refractivity contribution >= 4 is 17.5 Å². The van der Waals surface area contributed by atoms with Gasteiger partial charge in [0.25, 0.3) is 0 Å². The first-order chi connectivity index (χ1) is 11.2. The molecule has 0 radical (unpaired) electrons. The first-order valence-corrected chi connectivity index (χ1v) is 8.46.